The highest BCUT2D eigenvalue weighted by Gasteiger charge is 2.24. The van der Waals surface area contributed by atoms with Crippen LogP contribution in [0, 0.1) is 18.6 Å². The summed E-state index contributed by atoms with van der Waals surface area (Å²) in [4.78, 5) is 35.3. The van der Waals surface area contributed by atoms with E-state index in [1.54, 1.807) is 32.2 Å². The average Bonchev–Trinajstić information content (AvgIpc) is 3.24. The molecule has 0 radical (unpaired) electrons. The molecule has 34 heavy (non-hydrogen) atoms. The van der Waals surface area contributed by atoms with Crippen LogP contribution in [-0.4, -0.2) is 46.9 Å². The number of halogens is 2. The van der Waals surface area contributed by atoms with Gasteiger partial charge in [0.25, 0.3) is 11.8 Å². The molecule has 2 amide bonds. The molecule has 3 aromatic rings. The molecule has 11 heteroatoms. The quantitative estimate of drug-likeness (QED) is 0.441. The monoisotopic (exact) mass is 468 g/mol. The third-order valence-electron chi connectivity index (χ3n) is 5.29. The smallest absolute Gasteiger partial charge is 0.260 e. The van der Waals surface area contributed by atoms with Crippen molar-refractivity contribution in [2.24, 2.45) is 0 Å². The molecule has 0 spiro atoms. The van der Waals surface area contributed by atoms with Crippen LogP contribution in [0.5, 0.6) is 11.6 Å². The molecule has 4 N–H and O–H groups in total. The number of hydrogen-bond acceptors (Lipinski definition) is 6. The van der Waals surface area contributed by atoms with Crippen LogP contribution in [0.2, 0.25) is 0 Å². The second kappa shape index (κ2) is 9.30. The van der Waals surface area contributed by atoms with Crippen LogP contribution in [0.1, 0.15) is 22.5 Å². The number of fused-ring (bicyclic) bond motifs is 1. The standard InChI is InChI=1S/C23H22F2N6O3/c1-11-8-14-18(25)16(9-15(24)19(14)30-11)34-23-17(22(33)27-3)20(28-10-29-23)31-13-6-4-12(5-7-13)21(32)26-2/h4-6,8-10,13,30H,7H2,1-3H3,(H,26,32)(H,27,33)(H,28,29,31). The molecule has 1 aliphatic carbocycles. The van der Waals surface area contributed by atoms with Crippen LogP contribution < -0.4 is 20.7 Å². The van der Waals surface area contributed by atoms with Crippen molar-refractivity contribution in [2.75, 3.05) is 19.4 Å². The average molecular weight is 468 g/mol. The minimum atomic E-state index is -0.793. The van der Waals surface area contributed by atoms with E-state index >= 15 is 4.39 Å². The van der Waals surface area contributed by atoms with Gasteiger partial charge in [-0.2, -0.15) is 0 Å². The van der Waals surface area contributed by atoms with E-state index in [-0.39, 0.29) is 40.1 Å². The highest BCUT2D eigenvalue weighted by Crippen LogP contribution is 2.34. The Morgan fingerprint density at radius 2 is 1.91 bits per heavy atom. The van der Waals surface area contributed by atoms with Gasteiger partial charge in [-0.25, -0.2) is 18.7 Å². The largest absolute Gasteiger partial charge is 0.435 e. The van der Waals surface area contributed by atoms with Crippen molar-refractivity contribution >= 4 is 28.5 Å². The first-order valence-electron chi connectivity index (χ1n) is 10.4. The summed E-state index contributed by atoms with van der Waals surface area (Å²) in [5, 5.41) is 8.15. The molecule has 2 heterocycles. The lowest BCUT2D eigenvalue weighted by atomic mass is 10.0. The summed E-state index contributed by atoms with van der Waals surface area (Å²) in [5.41, 5.74) is 1.04. The molecule has 1 aromatic carbocycles. The van der Waals surface area contributed by atoms with Crippen LogP contribution in [0.15, 0.2) is 42.3 Å². The van der Waals surface area contributed by atoms with Gasteiger partial charge < -0.3 is 25.7 Å². The molecule has 0 saturated carbocycles. The minimum Gasteiger partial charge on any atom is -0.435 e. The maximum absolute atomic E-state index is 15.0. The van der Waals surface area contributed by atoms with E-state index in [1.807, 2.05) is 0 Å². The maximum Gasteiger partial charge on any atom is 0.260 e. The maximum atomic E-state index is 15.0. The highest BCUT2D eigenvalue weighted by atomic mass is 19.1. The fourth-order valence-electron chi connectivity index (χ4n) is 3.61. The van der Waals surface area contributed by atoms with Gasteiger partial charge in [-0.05, 0) is 19.4 Å². The number of nitrogens with one attached hydrogen (secondary N) is 4. The van der Waals surface area contributed by atoms with Gasteiger partial charge >= 0.3 is 0 Å². The van der Waals surface area contributed by atoms with Gasteiger partial charge in [-0.15, -0.1) is 0 Å². The van der Waals surface area contributed by atoms with Crippen LogP contribution in [0.3, 0.4) is 0 Å². The number of amides is 2. The molecular formula is C23H22F2N6O3. The van der Waals surface area contributed by atoms with Crippen molar-refractivity contribution in [3.63, 3.8) is 0 Å². The Morgan fingerprint density at radius 1 is 1.15 bits per heavy atom. The number of ether oxygens (including phenoxy) is 1. The summed E-state index contributed by atoms with van der Waals surface area (Å²) in [5.74, 6) is -2.83. The normalized spacial score (nSPS) is 15.1. The number of aryl methyl sites for hydroxylation is 1. The van der Waals surface area contributed by atoms with Gasteiger partial charge in [0.15, 0.2) is 17.4 Å². The number of carbonyl (C=O) groups is 2. The number of carbonyl (C=O) groups excluding carboxylic acids is 2. The molecule has 0 aliphatic heterocycles. The number of hydrogen-bond donors (Lipinski definition) is 4. The lowest BCUT2D eigenvalue weighted by molar-refractivity contribution is -0.116. The minimum absolute atomic E-state index is 0.0205. The summed E-state index contributed by atoms with van der Waals surface area (Å²) >= 11 is 0. The van der Waals surface area contributed by atoms with Crippen molar-refractivity contribution < 1.29 is 23.1 Å². The first kappa shape index (κ1) is 22.9. The lowest BCUT2D eigenvalue weighted by Crippen LogP contribution is -2.26. The van der Waals surface area contributed by atoms with E-state index in [4.69, 9.17) is 4.74 Å². The second-order valence-electron chi connectivity index (χ2n) is 7.58. The fourth-order valence-corrected chi connectivity index (χ4v) is 3.61. The Bertz CT molecular complexity index is 1350. The van der Waals surface area contributed by atoms with Crippen molar-refractivity contribution in [3.8, 4) is 11.6 Å². The van der Waals surface area contributed by atoms with E-state index in [1.165, 1.54) is 13.1 Å². The van der Waals surface area contributed by atoms with E-state index in [0.29, 0.717) is 17.7 Å². The Hall–Kier alpha value is -4.28. The number of rotatable bonds is 6. The van der Waals surface area contributed by atoms with Gasteiger partial charge in [0, 0.05) is 42.9 Å². The lowest BCUT2D eigenvalue weighted by Gasteiger charge is -2.20. The summed E-state index contributed by atoms with van der Waals surface area (Å²) in [6, 6.07) is 2.07. The van der Waals surface area contributed by atoms with Crippen LogP contribution in [-0.2, 0) is 4.79 Å². The molecule has 176 valence electrons. The Labute approximate surface area is 193 Å². The van der Waals surface area contributed by atoms with Gasteiger partial charge in [-0.3, -0.25) is 9.59 Å². The molecular weight excluding hydrogens is 446 g/mol. The topological polar surface area (TPSA) is 121 Å². The zero-order valence-electron chi connectivity index (χ0n) is 18.6. The third kappa shape index (κ3) is 4.32. The number of benzene rings is 1. The summed E-state index contributed by atoms with van der Waals surface area (Å²) in [7, 11) is 2.96. The predicted octanol–water partition coefficient (Wildman–Crippen LogP) is 3.11. The third-order valence-corrected chi connectivity index (χ3v) is 5.29. The fraction of sp³-hybridized carbons (Fsp3) is 0.217. The number of likely N-dealkylation sites (N-methyl/N-ethyl adjacent to an activating group) is 1. The number of H-pyrrole nitrogens is 1. The number of aromatic nitrogens is 3. The van der Waals surface area contributed by atoms with Gasteiger partial charge in [0.05, 0.1) is 5.52 Å². The molecule has 0 fully saturated rings. The Kier molecular flexibility index (Phi) is 6.26. The summed E-state index contributed by atoms with van der Waals surface area (Å²) in [6.45, 7) is 1.68. The Balaban J connectivity index is 1.67. The van der Waals surface area contributed by atoms with Crippen LogP contribution >= 0.6 is 0 Å². The van der Waals surface area contributed by atoms with E-state index in [9.17, 15) is 14.0 Å². The van der Waals surface area contributed by atoms with Gasteiger partial charge in [0.2, 0.25) is 5.88 Å². The molecule has 2 aromatic heterocycles. The molecule has 1 aliphatic rings. The van der Waals surface area contributed by atoms with Crippen LogP contribution in [0.4, 0.5) is 14.6 Å². The van der Waals surface area contributed by atoms with E-state index in [2.05, 4.69) is 30.9 Å². The van der Waals surface area contributed by atoms with Crippen molar-refractivity contribution in [1.82, 2.24) is 25.6 Å². The number of nitrogens with zero attached hydrogens (tertiary/aromatic N) is 2. The molecule has 1 unspecified atom stereocenters. The summed E-state index contributed by atoms with van der Waals surface area (Å²) < 4.78 is 35.2. The van der Waals surface area contributed by atoms with Crippen molar-refractivity contribution in [1.29, 1.82) is 0 Å². The molecule has 0 bridgehead atoms. The van der Waals surface area contributed by atoms with Crippen LogP contribution in [0.25, 0.3) is 10.9 Å². The molecule has 9 nitrogen and oxygen atoms in total. The van der Waals surface area contributed by atoms with E-state index in [0.717, 1.165) is 12.4 Å². The molecule has 1 atom stereocenters. The first-order valence-corrected chi connectivity index (χ1v) is 10.4. The van der Waals surface area contributed by atoms with Crippen molar-refractivity contribution in [3.05, 3.63) is 65.2 Å². The zero-order valence-corrected chi connectivity index (χ0v) is 18.6. The molecule has 4 rings (SSSR count). The highest BCUT2D eigenvalue weighted by molar-refractivity contribution is 6.01. The first-order chi connectivity index (χ1) is 16.3. The summed E-state index contributed by atoms with van der Waals surface area (Å²) in [6.07, 6.45) is 6.77. The second-order valence-corrected chi connectivity index (χ2v) is 7.58. The predicted molar refractivity (Wildman–Crippen MR) is 122 cm³/mol. The van der Waals surface area contributed by atoms with E-state index < -0.39 is 23.3 Å². The van der Waals surface area contributed by atoms with Gasteiger partial charge in [-0.1, -0.05) is 18.2 Å². The van der Waals surface area contributed by atoms with Crippen molar-refractivity contribution in [2.45, 2.75) is 19.4 Å². The molecule has 0 saturated heterocycles. The Morgan fingerprint density at radius 3 is 2.59 bits per heavy atom. The van der Waals surface area contributed by atoms with Gasteiger partial charge in [0.1, 0.15) is 17.7 Å². The SMILES string of the molecule is CNC(=O)C1=CCC(Nc2ncnc(Oc3cc(F)c4[nH]c(C)cc4c3F)c2C(=O)NC)C=C1. The zero-order chi connectivity index (χ0) is 24.4. The number of anilines is 1. The number of aromatic amines is 1.